The molecule has 1 aromatic heterocycles. The predicted octanol–water partition coefficient (Wildman–Crippen LogP) is 3.15. The molecular formula is C15H19N3S. The third-order valence-electron chi connectivity index (χ3n) is 3.44. The molecule has 0 saturated carbocycles. The van der Waals surface area contributed by atoms with Crippen molar-refractivity contribution in [3.8, 4) is 0 Å². The highest BCUT2D eigenvalue weighted by Crippen LogP contribution is 2.28. The Morgan fingerprint density at radius 1 is 1.16 bits per heavy atom. The van der Waals surface area contributed by atoms with E-state index in [1.54, 1.807) is 0 Å². The first kappa shape index (κ1) is 12.6. The molecule has 0 radical (unpaired) electrons. The topological polar surface area (TPSA) is 42.1 Å². The number of thioether (sulfide) groups is 1. The van der Waals surface area contributed by atoms with Gasteiger partial charge in [-0.1, -0.05) is 13.8 Å². The second-order valence-electron chi connectivity index (χ2n) is 5.28. The van der Waals surface area contributed by atoms with Gasteiger partial charge >= 0.3 is 0 Å². The van der Waals surface area contributed by atoms with Crippen LogP contribution in [0.3, 0.4) is 0 Å². The lowest BCUT2D eigenvalue weighted by atomic mass is 10.2. The number of hydrogen-bond acceptors (Lipinski definition) is 4. The van der Waals surface area contributed by atoms with Gasteiger partial charge in [0, 0.05) is 34.7 Å². The minimum Gasteiger partial charge on any atom is -0.399 e. The highest BCUT2D eigenvalue weighted by Gasteiger charge is 2.23. The molecule has 2 aromatic rings. The van der Waals surface area contributed by atoms with Crippen LogP contribution >= 0.6 is 11.8 Å². The van der Waals surface area contributed by atoms with E-state index in [-0.39, 0.29) is 0 Å². The second kappa shape index (κ2) is 4.93. The molecule has 4 heteroatoms. The fourth-order valence-corrected chi connectivity index (χ4v) is 4.00. The van der Waals surface area contributed by atoms with Gasteiger partial charge in [0.15, 0.2) is 0 Å². The van der Waals surface area contributed by atoms with Gasteiger partial charge in [0.1, 0.15) is 5.82 Å². The Bertz CT molecular complexity index is 589. The van der Waals surface area contributed by atoms with Gasteiger partial charge in [-0.25, -0.2) is 4.98 Å². The fourth-order valence-electron chi connectivity index (χ4n) is 2.67. The standard InChI is InChI=1S/C15H19N3S/c1-10-8-18(9-11(2)19-10)15-6-3-12-7-13(16)4-5-14(12)17-15/h3-7,10-11H,8-9,16H2,1-2H3. The summed E-state index contributed by atoms with van der Waals surface area (Å²) >= 11 is 2.06. The van der Waals surface area contributed by atoms with Gasteiger partial charge in [0.25, 0.3) is 0 Å². The summed E-state index contributed by atoms with van der Waals surface area (Å²) in [7, 11) is 0. The molecule has 0 spiro atoms. The van der Waals surface area contributed by atoms with Gasteiger partial charge in [-0.05, 0) is 30.3 Å². The van der Waals surface area contributed by atoms with Crippen molar-refractivity contribution in [1.29, 1.82) is 0 Å². The maximum atomic E-state index is 5.80. The average Bonchev–Trinajstić information content (AvgIpc) is 2.37. The minimum absolute atomic E-state index is 0.660. The summed E-state index contributed by atoms with van der Waals surface area (Å²) in [5, 5.41) is 2.43. The van der Waals surface area contributed by atoms with E-state index in [4.69, 9.17) is 10.7 Å². The Balaban J connectivity index is 1.94. The Morgan fingerprint density at radius 3 is 2.63 bits per heavy atom. The summed E-state index contributed by atoms with van der Waals surface area (Å²) in [5.74, 6) is 1.08. The first-order chi connectivity index (χ1) is 9.11. The van der Waals surface area contributed by atoms with E-state index in [0.29, 0.717) is 10.5 Å². The lowest BCUT2D eigenvalue weighted by molar-refractivity contribution is 0.720. The molecular weight excluding hydrogens is 254 g/mol. The van der Waals surface area contributed by atoms with Crippen LogP contribution in [0.1, 0.15) is 13.8 Å². The molecule has 100 valence electrons. The third-order valence-corrected chi connectivity index (χ3v) is 4.67. The number of hydrogen-bond donors (Lipinski definition) is 1. The van der Waals surface area contributed by atoms with Crippen LogP contribution in [-0.4, -0.2) is 28.6 Å². The van der Waals surface area contributed by atoms with Crippen molar-refractivity contribution in [2.24, 2.45) is 0 Å². The highest BCUT2D eigenvalue weighted by atomic mass is 32.2. The van der Waals surface area contributed by atoms with Crippen LogP contribution in [0.25, 0.3) is 10.9 Å². The molecule has 2 unspecified atom stereocenters. The number of anilines is 2. The van der Waals surface area contributed by atoms with Crippen LogP contribution < -0.4 is 10.6 Å². The molecule has 1 aliphatic heterocycles. The molecule has 2 atom stereocenters. The van der Waals surface area contributed by atoms with Crippen LogP contribution in [0.4, 0.5) is 11.5 Å². The zero-order valence-corrected chi connectivity index (χ0v) is 12.2. The van der Waals surface area contributed by atoms with Crippen LogP contribution in [0.2, 0.25) is 0 Å². The lowest BCUT2D eigenvalue weighted by Gasteiger charge is -2.35. The zero-order valence-electron chi connectivity index (χ0n) is 11.3. The molecule has 2 heterocycles. The summed E-state index contributed by atoms with van der Waals surface area (Å²) in [6, 6.07) is 10.1. The van der Waals surface area contributed by atoms with Crippen LogP contribution in [-0.2, 0) is 0 Å². The van der Waals surface area contributed by atoms with Gasteiger partial charge in [0.05, 0.1) is 5.52 Å². The summed E-state index contributed by atoms with van der Waals surface area (Å²) in [4.78, 5) is 7.16. The van der Waals surface area contributed by atoms with Crippen molar-refractivity contribution >= 4 is 34.2 Å². The quantitative estimate of drug-likeness (QED) is 0.811. The Morgan fingerprint density at radius 2 is 1.89 bits per heavy atom. The third kappa shape index (κ3) is 2.63. The minimum atomic E-state index is 0.660. The van der Waals surface area contributed by atoms with E-state index in [2.05, 4.69) is 42.6 Å². The number of nitrogens with zero attached hydrogens (tertiary/aromatic N) is 2. The van der Waals surface area contributed by atoms with Gasteiger partial charge < -0.3 is 10.6 Å². The van der Waals surface area contributed by atoms with Crippen molar-refractivity contribution in [3.05, 3.63) is 30.3 Å². The summed E-state index contributed by atoms with van der Waals surface area (Å²) < 4.78 is 0. The van der Waals surface area contributed by atoms with Crippen molar-refractivity contribution in [1.82, 2.24) is 4.98 Å². The Labute approximate surface area is 118 Å². The number of pyridine rings is 1. The smallest absolute Gasteiger partial charge is 0.129 e. The van der Waals surface area contributed by atoms with Crippen LogP contribution in [0.15, 0.2) is 30.3 Å². The van der Waals surface area contributed by atoms with Gasteiger partial charge in [-0.3, -0.25) is 0 Å². The van der Waals surface area contributed by atoms with E-state index in [1.165, 1.54) is 0 Å². The predicted molar refractivity (Wildman–Crippen MR) is 84.9 cm³/mol. The summed E-state index contributed by atoms with van der Waals surface area (Å²) in [6.45, 7) is 6.72. The average molecular weight is 273 g/mol. The van der Waals surface area contributed by atoms with Crippen molar-refractivity contribution < 1.29 is 0 Å². The molecule has 1 aromatic carbocycles. The number of aromatic nitrogens is 1. The molecule has 3 rings (SSSR count). The van der Waals surface area contributed by atoms with Crippen molar-refractivity contribution in [2.45, 2.75) is 24.3 Å². The summed E-state index contributed by atoms with van der Waals surface area (Å²) in [6.07, 6.45) is 0. The molecule has 0 amide bonds. The van der Waals surface area contributed by atoms with Gasteiger partial charge in [-0.15, -0.1) is 0 Å². The Hall–Kier alpha value is -1.42. The maximum Gasteiger partial charge on any atom is 0.129 e. The highest BCUT2D eigenvalue weighted by molar-refractivity contribution is 8.00. The van der Waals surface area contributed by atoms with E-state index in [1.807, 2.05) is 18.2 Å². The number of benzene rings is 1. The lowest BCUT2D eigenvalue weighted by Crippen LogP contribution is -2.40. The van der Waals surface area contributed by atoms with Crippen molar-refractivity contribution in [2.75, 3.05) is 23.7 Å². The monoisotopic (exact) mass is 273 g/mol. The maximum absolute atomic E-state index is 5.80. The number of nitrogen functional groups attached to an aromatic ring is 1. The normalized spacial score (nSPS) is 23.8. The first-order valence-corrected chi connectivity index (χ1v) is 7.63. The number of fused-ring (bicyclic) bond motifs is 1. The largest absolute Gasteiger partial charge is 0.399 e. The van der Waals surface area contributed by atoms with Gasteiger partial charge in [0.2, 0.25) is 0 Å². The van der Waals surface area contributed by atoms with Crippen LogP contribution in [0, 0.1) is 0 Å². The van der Waals surface area contributed by atoms with E-state index in [9.17, 15) is 0 Å². The molecule has 1 aliphatic rings. The zero-order chi connectivity index (χ0) is 13.4. The van der Waals surface area contributed by atoms with Gasteiger partial charge in [-0.2, -0.15) is 11.8 Å². The van der Waals surface area contributed by atoms with E-state index < -0.39 is 0 Å². The number of rotatable bonds is 1. The number of nitrogens with two attached hydrogens (primary N) is 1. The molecule has 3 nitrogen and oxygen atoms in total. The second-order valence-corrected chi connectivity index (χ2v) is 7.17. The first-order valence-electron chi connectivity index (χ1n) is 6.68. The molecule has 0 bridgehead atoms. The summed E-state index contributed by atoms with van der Waals surface area (Å²) in [5.41, 5.74) is 7.61. The van der Waals surface area contributed by atoms with E-state index in [0.717, 1.165) is 35.5 Å². The fraction of sp³-hybridized carbons (Fsp3) is 0.400. The molecule has 0 aliphatic carbocycles. The SMILES string of the molecule is CC1CN(c2ccc3cc(N)ccc3n2)CC(C)S1. The van der Waals surface area contributed by atoms with Crippen LogP contribution in [0.5, 0.6) is 0 Å². The Kier molecular flexibility index (Phi) is 3.27. The molecule has 1 fully saturated rings. The molecule has 1 saturated heterocycles. The molecule has 19 heavy (non-hydrogen) atoms. The van der Waals surface area contributed by atoms with Crippen molar-refractivity contribution in [3.63, 3.8) is 0 Å². The van der Waals surface area contributed by atoms with E-state index >= 15 is 0 Å². The molecule has 2 N–H and O–H groups in total.